The van der Waals surface area contributed by atoms with Gasteiger partial charge in [0.25, 0.3) is 0 Å². The predicted octanol–water partition coefficient (Wildman–Crippen LogP) is 1.31. The van der Waals surface area contributed by atoms with Gasteiger partial charge >= 0.3 is 0 Å². The molecule has 0 saturated carbocycles. The molecule has 0 spiro atoms. The summed E-state index contributed by atoms with van der Waals surface area (Å²) in [5.74, 6) is 1.14. The SMILES string of the molecule is CC(C)c1nn(C)c(-n2cccn2)c1N. The van der Waals surface area contributed by atoms with Gasteiger partial charge in [-0.3, -0.25) is 0 Å². The molecule has 0 atom stereocenters. The van der Waals surface area contributed by atoms with Gasteiger partial charge in [-0.15, -0.1) is 0 Å². The number of nitrogens with zero attached hydrogens (tertiary/aromatic N) is 4. The highest BCUT2D eigenvalue weighted by Gasteiger charge is 2.16. The van der Waals surface area contributed by atoms with Gasteiger partial charge in [-0.1, -0.05) is 13.8 Å². The normalized spacial score (nSPS) is 11.2. The fraction of sp³-hybridized carbons (Fsp3) is 0.400. The van der Waals surface area contributed by atoms with Crippen LogP contribution in [0.5, 0.6) is 0 Å². The second kappa shape index (κ2) is 3.42. The van der Waals surface area contributed by atoms with Gasteiger partial charge in [0, 0.05) is 19.4 Å². The number of hydrogen-bond donors (Lipinski definition) is 1. The van der Waals surface area contributed by atoms with Crippen molar-refractivity contribution >= 4 is 5.69 Å². The summed E-state index contributed by atoms with van der Waals surface area (Å²) in [7, 11) is 1.87. The number of nitrogen functional groups attached to an aromatic ring is 1. The second-order valence-corrected chi connectivity index (χ2v) is 3.85. The summed E-state index contributed by atoms with van der Waals surface area (Å²) in [6.45, 7) is 4.15. The monoisotopic (exact) mass is 205 g/mol. The van der Waals surface area contributed by atoms with E-state index in [1.807, 2.05) is 19.3 Å². The molecule has 0 bridgehead atoms. The van der Waals surface area contributed by atoms with E-state index in [0.29, 0.717) is 11.6 Å². The Kier molecular flexibility index (Phi) is 2.22. The minimum Gasteiger partial charge on any atom is -0.394 e. The van der Waals surface area contributed by atoms with Crippen LogP contribution in [0.25, 0.3) is 5.82 Å². The van der Waals surface area contributed by atoms with E-state index >= 15 is 0 Å². The Morgan fingerprint density at radius 1 is 1.40 bits per heavy atom. The fourth-order valence-electron chi connectivity index (χ4n) is 1.64. The molecule has 2 aromatic rings. The van der Waals surface area contributed by atoms with Gasteiger partial charge in [-0.2, -0.15) is 10.2 Å². The Labute approximate surface area is 88.5 Å². The van der Waals surface area contributed by atoms with E-state index in [-0.39, 0.29) is 0 Å². The number of aromatic nitrogens is 4. The van der Waals surface area contributed by atoms with Crippen LogP contribution in [0.4, 0.5) is 5.69 Å². The summed E-state index contributed by atoms with van der Waals surface area (Å²) in [6.07, 6.45) is 3.58. The largest absolute Gasteiger partial charge is 0.394 e. The Hall–Kier alpha value is -1.78. The van der Waals surface area contributed by atoms with Gasteiger partial charge in [0.15, 0.2) is 5.82 Å². The molecule has 0 aliphatic rings. The Morgan fingerprint density at radius 3 is 2.60 bits per heavy atom. The minimum atomic E-state index is 0.320. The van der Waals surface area contributed by atoms with Crippen molar-refractivity contribution in [3.8, 4) is 5.82 Å². The third-order valence-electron chi connectivity index (χ3n) is 2.35. The lowest BCUT2D eigenvalue weighted by atomic mass is 10.1. The number of hydrogen-bond acceptors (Lipinski definition) is 3. The topological polar surface area (TPSA) is 61.7 Å². The molecular formula is C10H15N5. The second-order valence-electron chi connectivity index (χ2n) is 3.85. The average Bonchev–Trinajstić information content (AvgIpc) is 2.73. The van der Waals surface area contributed by atoms with Gasteiger partial charge in [0.2, 0.25) is 0 Å². The maximum absolute atomic E-state index is 6.05. The zero-order valence-electron chi connectivity index (χ0n) is 9.18. The van der Waals surface area contributed by atoms with Crippen LogP contribution in [0, 0.1) is 0 Å². The first kappa shape index (κ1) is 9.76. The molecule has 0 saturated heterocycles. The first-order valence-corrected chi connectivity index (χ1v) is 4.93. The van der Waals surface area contributed by atoms with Crippen LogP contribution < -0.4 is 5.73 Å². The standard InChI is InChI=1S/C10H15N5/c1-7(2)9-8(11)10(14(3)13-9)15-6-4-5-12-15/h4-7H,11H2,1-3H3. The Bertz CT molecular complexity index is 452. The summed E-state index contributed by atoms with van der Waals surface area (Å²) in [4.78, 5) is 0. The summed E-state index contributed by atoms with van der Waals surface area (Å²) < 4.78 is 3.49. The third-order valence-corrected chi connectivity index (χ3v) is 2.35. The molecule has 15 heavy (non-hydrogen) atoms. The van der Waals surface area contributed by atoms with E-state index in [0.717, 1.165) is 11.5 Å². The maximum Gasteiger partial charge on any atom is 0.175 e. The third kappa shape index (κ3) is 1.49. The van der Waals surface area contributed by atoms with E-state index in [4.69, 9.17) is 5.73 Å². The zero-order valence-corrected chi connectivity index (χ0v) is 9.18. The molecule has 2 rings (SSSR count). The van der Waals surface area contributed by atoms with Gasteiger partial charge in [-0.05, 0) is 12.0 Å². The van der Waals surface area contributed by atoms with E-state index in [1.54, 1.807) is 15.6 Å². The van der Waals surface area contributed by atoms with Crippen LogP contribution in [-0.2, 0) is 7.05 Å². The van der Waals surface area contributed by atoms with Crippen LogP contribution in [0.1, 0.15) is 25.5 Å². The molecule has 5 nitrogen and oxygen atoms in total. The Balaban J connectivity index is 2.58. The summed E-state index contributed by atoms with van der Waals surface area (Å²) in [6, 6.07) is 1.86. The highest BCUT2D eigenvalue weighted by molar-refractivity contribution is 5.58. The lowest BCUT2D eigenvalue weighted by Gasteiger charge is -2.03. The van der Waals surface area contributed by atoms with Crippen molar-refractivity contribution in [1.82, 2.24) is 19.6 Å². The lowest BCUT2D eigenvalue weighted by Crippen LogP contribution is -2.05. The molecule has 0 fully saturated rings. The fourth-order valence-corrected chi connectivity index (χ4v) is 1.64. The molecule has 2 aromatic heterocycles. The summed E-state index contributed by atoms with van der Waals surface area (Å²) in [5, 5.41) is 8.55. The zero-order chi connectivity index (χ0) is 11.0. The molecule has 80 valence electrons. The smallest absolute Gasteiger partial charge is 0.175 e. The number of aryl methyl sites for hydroxylation is 1. The van der Waals surface area contributed by atoms with Crippen LogP contribution in [0.3, 0.4) is 0 Å². The molecule has 5 heteroatoms. The number of nitrogens with two attached hydrogens (primary N) is 1. The predicted molar refractivity (Wildman–Crippen MR) is 58.8 cm³/mol. The maximum atomic E-state index is 6.05. The molecular weight excluding hydrogens is 190 g/mol. The molecule has 0 amide bonds. The lowest BCUT2D eigenvalue weighted by molar-refractivity contribution is 0.676. The highest BCUT2D eigenvalue weighted by Crippen LogP contribution is 2.25. The number of rotatable bonds is 2. The van der Waals surface area contributed by atoms with E-state index < -0.39 is 0 Å². The highest BCUT2D eigenvalue weighted by atomic mass is 15.4. The van der Waals surface area contributed by atoms with Crippen LogP contribution in [0.15, 0.2) is 18.5 Å². The van der Waals surface area contributed by atoms with Crippen molar-refractivity contribution in [1.29, 1.82) is 0 Å². The first-order chi connectivity index (χ1) is 7.11. The molecule has 2 N–H and O–H groups in total. The molecule has 2 heterocycles. The van der Waals surface area contributed by atoms with Crippen molar-refractivity contribution in [2.45, 2.75) is 19.8 Å². The van der Waals surface area contributed by atoms with E-state index in [9.17, 15) is 0 Å². The van der Waals surface area contributed by atoms with Gasteiger partial charge in [0.1, 0.15) is 5.69 Å². The van der Waals surface area contributed by atoms with E-state index in [2.05, 4.69) is 24.0 Å². The number of anilines is 1. The van der Waals surface area contributed by atoms with Crippen molar-refractivity contribution in [2.24, 2.45) is 7.05 Å². The summed E-state index contributed by atoms with van der Waals surface area (Å²) in [5.41, 5.74) is 7.68. The van der Waals surface area contributed by atoms with Crippen LogP contribution in [-0.4, -0.2) is 19.6 Å². The van der Waals surface area contributed by atoms with Crippen LogP contribution >= 0.6 is 0 Å². The molecule has 0 unspecified atom stereocenters. The van der Waals surface area contributed by atoms with Crippen molar-refractivity contribution in [3.05, 3.63) is 24.2 Å². The van der Waals surface area contributed by atoms with Crippen molar-refractivity contribution < 1.29 is 0 Å². The van der Waals surface area contributed by atoms with Gasteiger partial charge in [0.05, 0.1) is 5.69 Å². The quantitative estimate of drug-likeness (QED) is 0.804. The van der Waals surface area contributed by atoms with Gasteiger partial charge < -0.3 is 5.73 Å². The molecule has 0 aliphatic heterocycles. The van der Waals surface area contributed by atoms with Crippen molar-refractivity contribution in [2.75, 3.05) is 5.73 Å². The molecule has 0 aliphatic carbocycles. The molecule has 0 aromatic carbocycles. The average molecular weight is 205 g/mol. The van der Waals surface area contributed by atoms with Crippen molar-refractivity contribution in [3.63, 3.8) is 0 Å². The summed E-state index contributed by atoms with van der Waals surface area (Å²) >= 11 is 0. The van der Waals surface area contributed by atoms with Crippen LogP contribution in [0.2, 0.25) is 0 Å². The van der Waals surface area contributed by atoms with E-state index in [1.165, 1.54) is 0 Å². The first-order valence-electron chi connectivity index (χ1n) is 4.93. The minimum absolute atomic E-state index is 0.320. The van der Waals surface area contributed by atoms with Gasteiger partial charge in [-0.25, -0.2) is 9.36 Å². The Morgan fingerprint density at radius 2 is 2.13 bits per heavy atom. The molecule has 0 radical (unpaired) electrons.